The Balaban J connectivity index is 2.27. The van der Waals surface area contributed by atoms with Gasteiger partial charge in [-0.25, -0.2) is 8.42 Å². The summed E-state index contributed by atoms with van der Waals surface area (Å²) in [5.74, 6) is -0.820. The van der Waals surface area contributed by atoms with Crippen molar-refractivity contribution in [3.05, 3.63) is 63.7 Å². The lowest BCUT2D eigenvalue weighted by Crippen LogP contribution is -2.37. The monoisotopic (exact) mass is 431 g/mol. The molecule has 0 bridgehead atoms. The molecule has 0 radical (unpaired) electrons. The molecule has 0 spiro atoms. The fourth-order valence-electron chi connectivity index (χ4n) is 2.40. The molecule has 0 aliphatic carbocycles. The molecule has 0 aliphatic heterocycles. The molecular weight excluding hydrogens is 415 g/mol. The number of hydrogen-bond acceptors (Lipinski definition) is 5. The van der Waals surface area contributed by atoms with Crippen LogP contribution in [0.15, 0.2) is 42.5 Å². The van der Waals surface area contributed by atoms with Gasteiger partial charge in [-0.15, -0.1) is 0 Å². The molecular formula is C17H16F3N3O5S. The molecule has 12 heteroatoms. The van der Waals surface area contributed by atoms with Crippen LogP contribution < -0.4 is 9.62 Å². The minimum atomic E-state index is -4.59. The minimum Gasteiger partial charge on any atom is -0.324 e. The number of halogens is 3. The number of nitro benzene ring substituents is 1. The number of nitrogens with zero attached hydrogens (tertiary/aromatic N) is 2. The smallest absolute Gasteiger partial charge is 0.324 e. The molecule has 0 heterocycles. The number of nitrogens with one attached hydrogen (secondary N) is 1. The molecule has 156 valence electrons. The van der Waals surface area contributed by atoms with Crippen molar-refractivity contribution >= 4 is 33.0 Å². The number of carbonyl (C=O) groups is 1. The summed E-state index contributed by atoms with van der Waals surface area (Å²) in [4.78, 5) is 22.6. The van der Waals surface area contributed by atoms with Gasteiger partial charge < -0.3 is 5.32 Å². The average molecular weight is 431 g/mol. The molecule has 2 aromatic rings. The molecule has 0 saturated heterocycles. The van der Waals surface area contributed by atoms with Gasteiger partial charge in [0.05, 0.1) is 28.1 Å². The number of amides is 1. The molecule has 1 N–H and O–H groups in total. The quantitative estimate of drug-likeness (QED) is 0.557. The summed E-state index contributed by atoms with van der Waals surface area (Å²) in [6.07, 6.45) is -3.79. The van der Waals surface area contributed by atoms with Crippen molar-refractivity contribution in [1.82, 2.24) is 0 Å². The van der Waals surface area contributed by atoms with Crippen molar-refractivity contribution in [1.29, 1.82) is 0 Å². The minimum absolute atomic E-state index is 0.116. The highest BCUT2D eigenvalue weighted by atomic mass is 32.2. The highest BCUT2D eigenvalue weighted by Gasteiger charge is 2.31. The molecule has 0 aliphatic rings. The summed E-state index contributed by atoms with van der Waals surface area (Å²) in [5, 5.41) is 13.3. The van der Waals surface area contributed by atoms with E-state index in [2.05, 4.69) is 5.32 Å². The van der Waals surface area contributed by atoms with E-state index < -0.39 is 39.1 Å². The van der Waals surface area contributed by atoms with Crippen LogP contribution in [0, 0.1) is 17.0 Å². The maximum atomic E-state index is 12.7. The normalized spacial score (nSPS) is 11.8. The van der Waals surface area contributed by atoms with Gasteiger partial charge in [0, 0.05) is 12.1 Å². The van der Waals surface area contributed by atoms with Crippen LogP contribution in [0.3, 0.4) is 0 Å². The molecule has 29 heavy (non-hydrogen) atoms. The molecule has 2 aromatic carbocycles. The van der Waals surface area contributed by atoms with E-state index in [-0.39, 0.29) is 17.1 Å². The number of non-ortho nitro benzene ring substituents is 1. The number of anilines is 2. The fraction of sp³-hybridized carbons (Fsp3) is 0.235. The van der Waals surface area contributed by atoms with Crippen LogP contribution in [0.25, 0.3) is 0 Å². The predicted molar refractivity (Wildman–Crippen MR) is 100 cm³/mol. The van der Waals surface area contributed by atoms with E-state index >= 15 is 0 Å². The number of benzene rings is 2. The zero-order valence-corrected chi connectivity index (χ0v) is 16.0. The molecule has 0 atom stereocenters. The van der Waals surface area contributed by atoms with E-state index in [1.54, 1.807) is 6.92 Å². The van der Waals surface area contributed by atoms with Gasteiger partial charge in [-0.1, -0.05) is 6.07 Å². The number of alkyl halides is 3. The zero-order chi connectivity index (χ0) is 22.0. The second-order valence-corrected chi connectivity index (χ2v) is 8.03. The number of nitro groups is 1. The Hall–Kier alpha value is -3.15. The summed E-state index contributed by atoms with van der Waals surface area (Å²) >= 11 is 0. The first-order valence-electron chi connectivity index (χ1n) is 7.99. The Bertz CT molecular complexity index is 1040. The van der Waals surface area contributed by atoms with Crippen molar-refractivity contribution in [2.24, 2.45) is 0 Å². The van der Waals surface area contributed by atoms with Crippen LogP contribution >= 0.6 is 0 Å². The van der Waals surface area contributed by atoms with E-state index in [4.69, 9.17) is 0 Å². The second kappa shape index (κ2) is 8.07. The highest BCUT2D eigenvalue weighted by molar-refractivity contribution is 7.92. The Morgan fingerprint density at radius 2 is 1.76 bits per heavy atom. The van der Waals surface area contributed by atoms with Gasteiger partial charge in [-0.3, -0.25) is 19.2 Å². The average Bonchev–Trinajstić information content (AvgIpc) is 2.60. The third-order valence-corrected chi connectivity index (χ3v) is 5.02. The van der Waals surface area contributed by atoms with E-state index in [9.17, 15) is 36.5 Å². The van der Waals surface area contributed by atoms with Crippen molar-refractivity contribution < 1.29 is 31.3 Å². The van der Waals surface area contributed by atoms with Gasteiger partial charge in [0.2, 0.25) is 15.9 Å². The number of hydrogen-bond donors (Lipinski definition) is 1. The van der Waals surface area contributed by atoms with Gasteiger partial charge in [0.1, 0.15) is 6.54 Å². The third kappa shape index (κ3) is 5.67. The second-order valence-electron chi connectivity index (χ2n) is 6.12. The maximum Gasteiger partial charge on any atom is 0.416 e. The van der Waals surface area contributed by atoms with Gasteiger partial charge >= 0.3 is 6.18 Å². The Kier molecular flexibility index (Phi) is 6.16. The number of carbonyl (C=O) groups excluding carboxylic acids is 1. The van der Waals surface area contributed by atoms with Gasteiger partial charge in [0.15, 0.2) is 0 Å². The molecule has 8 nitrogen and oxygen atoms in total. The van der Waals surface area contributed by atoms with Gasteiger partial charge in [0.25, 0.3) is 5.69 Å². The van der Waals surface area contributed by atoms with E-state index in [0.29, 0.717) is 22.0 Å². The predicted octanol–water partition coefficient (Wildman–Crippen LogP) is 3.33. The van der Waals surface area contributed by atoms with Crippen molar-refractivity contribution in [2.45, 2.75) is 13.1 Å². The van der Waals surface area contributed by atoms with Crippen LogP contribution in [0.2, 0.25) is 0 Å². The van der Waals surface area contributed by atoms with E-state index in [0.717, 1.165) is 24.5 Å². The number of rotatable bonds is 6. The lowest BCUT2D eigenvalue weighted by atomic mass is 10.2. The van der Waals surface area contributed by atoms with Crippen molar-refractivity contribution in [2.75, 3.05) is 22.4 Å². The third-order valence-electron chi connectivity index (χ3n) is 3.88. The lowest BCUT2D eigenvalue weighted by Gasteiger charge is -2.22. The summed E-state index contributed by atoms with van der Waals surface area (Å²) in [7, 11) is -4.00. The molecule has 2 rings (SSSR count). The molecule has 0 fully saturated rings. The summed E-state index contributed by atoms with van der Waals surface area (Å²) < 4.78 is 62.8. The van der Waals surface area contributed by atoms with Crippen LogP contribution in [0.5, 0.6) is 0 Å². The standard InChI is InChI=1S/C17H16F3N3O5S/c1-11-3-6-14(23(25)26)9-15(11)21-16(24)10-22(29(2,27)28)13-7-4-12(5-8-13)17(18,19)20/h3-9H,10H2,1-2H3,(H,21,24). The summed E-state index contributed by atoms with van der Waals surface area (Å²) in [6, 6.07) is 7.07. The van der Waals surface area contributed by atoms with Crippen molar-refractivity contribution in [3.63, 3.8) is 0 Å². The first-order chi connectivity index (χ1) is 13.3. The van der Waals surface area contributed by atoms with Crippen LogP contribution in [-0.2, 0) is 21.0 Å². The number of aryl methyl sites for hydroxylation is 1. The first-order valence-corrected chi connectivity index (χ1v) is 9.84. The SMILES string of the molecule is Cc1ccc([N+](=O)[O-])cc1NC(=O)CN(c1ccc(C(F)(F)F)cc1)S(C)(=O)=O. The molecule has 1 amide bonds. The molecule has 0 unspecified atom stereocenters. The lowest BCUT2D eigenvalue weighted by molar-refractivity contribution is -0.384. The topological polar surface area (TPSA) is 110 Å². The summed E-state index contributed by atoms with van der Waals surface area (Å²) in [6.45, 7) is 0.857. The molecule has 0 aromatic heterocycles. The Morgan fingerprint density at radius 3 is 2.24 bits per heavy atom. The first kappa shape index (κ1) is 22.1. The fourth-order valence-corrected chi connectivity index (χ4v) is 3.25. The Labute approximate surface area is 164 Å². The molecule has 0 saturated carbocycles. The summed E-state index contributed by atoms with van der Waals surface area (Å²) in [5.41, 5.74) is -0.749. The maximum absolute atomic E-state index is 12.7. The Morgan fingerprint density at radius 1 is 1.17 bits per heavy atom. The largest absolute Gasteiger partial charge is 0.416 e. The van der Waals surface area contributed by atoms with Crippen LogP contribution in [0.4, 0.5) is 30.2 Å². The van der Waals surface area contributed by atoms with Crippen LogP contribution in [0.1, 0.15) is 11.1 Å². The van der Waals surface area contributed by atoms with Crippen molar-refractivity contribution in [3.8, 4) is 0 Å². The van der Waals surface area contributed by atoms with Crippen LogP contribution in [-0.4, -0.2) is 32.0 Å². The van der Waals surface area contributed by atoms with Gasteiger partial charge in [-0.05, 0) is 36.8 Å². The highest BCUT2D eigenvalue weighted by Crippen LogP contribution is 2.31. The van der Waals surface area contributed by atoms with E-state index in [1.165, 1.54) is 12.1 Å². The zero-order valence-electron chi connectivity index (χ0n) is 15.2. The van der Waals surface area contributed by atoms with Gasteiger partial charge in [-0.2, -0.15) is 13.2 Å². The number of sulfonamides is 1. The van der Waals surface area contributed by atoms with E-state index in [1.807, 2.05) is 0 Å².